The zero-order chi connectivity index (χ0) is 9.19. The largest absolute Gasteiger partial charge is 0.342 e. The van der Waals surface area contributed by atoms with E-state index in [1.165, 1.54) is 0 Å². The van der Waals surface area contributed by atoms with Gasteiger partial charge in [-0.15, -0.1) is 0 Å². The van der Waals surface area contributed by atoms with Crippen LogP contribution in [-0.4, -0.2) is 23.9 Å². The summed E-state index contributed by atoms with van der Waals surface area (Å²) in [5, 5.41) is 8.56. The molecule has 0 aromatic heterocycles. The molecule has 1 unspecified atom stereocenters. The second kappa shape index (κ2) is 3.14. The number of carbonyl (C=O) groups excluding carboxylic acids is 1. The highest BCUT2D eigenvalue weighted by atomic mass is 16.2. The Morgan fingerprint density at radius 3 is 2.83 bits per heavy atom. The molecule has 3 heteroatoms. The van der Waals surface area contributed by atoms with E-state index in [9.17, 15) is 4.79 Å². The summed E-state index contributed by atoms with van der Waals surface area (Å²) in [5.74, 6) is 0.122. The number of hydrogen-bond acceptors (Lipinski definition) is 2. The molecule has 66 valence electrons. The Balaban J connectivity index is 2.55. The van der Waals surface area contributed by atoms with Crippen LogP contribution in [0.1, 0.15) is 26.7 Å². The lowest BCUT2D eigenvalue weighted by atomic mass is 9.87. The molecule has 1 amide bonds. The third-order valence-corrected chi connectivity index (χ3v) is 2.51. The van der Waals surface area contributed by atoms with Crippen LogP contribution < -0.4 is 0 Å². The Kier molecular flexibility index (Phi) is 2.37. The van der Waals surface area contributed by atoms with Gasteiger partial charge in [-0.2, -0.15) is 5.26 Å². The van der Waals surface area contributed by atoms with Gasteiger partial charge < -0.3 is 4.90 Å². The normalized spacial score (nSPS) is 28.6. The lowest BCUT2D eigenvalue weighted by molar-refractivity contribution is -0.128. The van der Waals surface area contributed by atoms with Crippen molar-refractivity contribution in [2.75, 3.05) is 13.1 Å². The summed E-state index contributed by atoms with van der Waals surface area (Å²) in [4.78, 5) is 12.8. The first-order valence-corrected chi connectivity index (χ1v) is 4.20. The standard InChI is InChI=1S/C9H14N2O/c1-8(12)11-6-4-9(2,7-11)3-5-10/h3-4,6-7H2,1-2H3. The minimum Gasteiger partial charge on any atom is -0.342 e. The highest BCUT2D eigenvalue weighted by Gasteiger charge is 2.34. The average Bonchev–Trinajstić information content (AvgIpc) is 2.33. The first kappa shape index (κ1) is 9.05. The third kappa shape index (κ3) is 1.76. The van der Waals surface area contributed by atoms with Gasteiger partial charge in [0.2, 0.25) is 5.91 Å². The third-order valence-electron chi connectivity index (χ3n) is 2.51. The molecule has 1 aliphatic heterocycles. The molecule has 0 aliphatic carbocycles. The number of likely N-dealkylation sites (tertiary alicyclic amines) is 1. The highest BCUT2D eigenvalue weighted by molar-refractivity contribution is 5.73. The van der Waals surface area contributed by atoms with E-state index in [0.717, 1.165) is 19.5 Å². The number of nitriles is 1. The van der Waals surface area contributed by atoms with Crippen LogP contribution in [0.25, 0.3) is 0 Å². The summed E-state index contributed by atoms with van der Waals surface area (Å²) in [7, 11) is 0. The van der Waals surface area contributed by atoms with Gasteiger partial charge in [0.15, 0.2) is 0 Å². The Hall–Kier alpha value is -1.04. The van der Waals surface area contributed by atoms with Crippen molar-refractivity contribution in [1.82, 2.24) is 4.90 Å². The van der Waals surface area contributed by atoms with Crippen LogP contribution in [-0.2, 0) is 4.79 Å². The maximum Gasteiger partial charge on any atom is 0.219 e. The van der Waals surface area contributed by atoms with Crippen LogP contribution in [0.4, 0.5) is 0 Å². The van der Waals surface area contributed by atoms with Gasteiger partial charge in [-0.1, -0.05) is 6.92 Å². The molecule has 0 bridgehead atoms. The lowest BCUT2D eigenvalue weighted by Gasteiger charge is -2.20. The van der Waals surface area contributed by atoms with Gasteiger partial charge in [0.25, 0.3) is 0 Å². The zero-order valence-electron chi connectivity index (χ0n) is 7.63. The maximum absolute atomic E-state index is 11.0. The first-order chi connectivity index (χ1) is 5.57. The van der Waals surface area contributed by atoms with Crippen LogP contribution in [0.5, 0.6) is 0 Å². The monoisotopic (exact) mass is 166 g/mol. The van der Waals surface area contributed by atoms with Gasteiger partial charge in [0.05, 0.1) is 6.07 Å². The lowest BCUT2D eigenvalue weighted by Crippen LogP contribution is -2.28. The van der Waals surface area contributed by atoms with E-state index >= 15 is 0 Å². The summed E-state index contributed by atoms with van der Waals surface area (Å²) < 4.78 is 0. The van der Waals surface area contributed by atoms with Crippen LogP contribution in [0.2, 0.25) is 0 Å². The second-order valence-corrected chi connectivity index (χ2v) is 3.84. The predicted octanol–water partition coefficient (Wildman–Crippen LogP) is 1.16. The molecule has 1 fully saturated rings. The number of carbonyl (C=O) groups is 1. The average molecular weight is 166 g/mol. The van der Waals surface area contributed by atoms with Crippen molar-refractivity contribution in [2.24, 2.45) is 5.41 Å². The van der Waals surface area contributed by atoms with Gasteiger partial charge in [-0.3, -0.25) is 4.79 Å². The smallest absolute Gasteiger partial charge is 0.219 e. The minimum atomic E-state index is 0.0421. The van der Waals surface area contributed by atoms with Crippen LogP contribution >= 0.6 is 0 Å². The molecule has 0 aromatic rings. The molecule has 1 saturated heterocycles. The molecule has 3 nitrogen and oxygen atoms in total. The fourth-order valence-corrected chi connectivity index (χ4v) is 1.63. The summed E-state index contributed by atoms with van der Waals surface area (Å²) >= 11 is 0. The molecule has 1 rings (SSSR count). The second-order valence-electron chi connectivity index (χ2n) is 3.84. The summed E-state index contributed by atoms with van der Waals surface area (Å²) in [5.41, 5.74) is 0.0421. The van der Waals surface area contributed by atoms with Gasteiger partial charge in [-0.05, 0) is 11.8 Å². The zero-order valence-corrected chi connectivity index (χ0v) is 7.63. The molecule has 0 saturated carbocycles. The van der Waals surface area contributed by atoms with Crippen molar-refractivity contribution >= 4 is 5.91 Å². The molecule has 0 N–H and O–H groups in total. The highest BCUT2D eigenvalue weighted by Crippen LogP contribution is 2.32. The molecule has 12 heavy (non-hydrogen) atoms. The van der Waals surface area contributed by atoms with Gasteiger partial charge in [0, 0.05) is 26.4 Å². The van der Waals surface area contributed by atoms with Crippen molar-refractivity contribution in [3.05, 3.63) is 0 Å². The van der Waals surface area contributed by atoms with Crippen LogP contribution in [0.3, 0.4) is 0 Å². The number of hydrogen-bond donors (Lipinski definition) is 0. The number of amides is 1. The maximum atomic E-state index is 11.0. The number of nitrogens with zero attached hydrogens (tertiary/aromatic N) is 2. The molecule has 1 atom stereocenters. The van der Waals surface area contributed by atoms with Crippen LogP contribution in [0, 0.1) is 16.7 Å². The van der Waals surface area contributed by atoms with Crippen molar-refractivity contribution in [3.8, 4) is 6.07 Å². The topological polar surface area (TPSA) is 44.1 Å². The molecule has 0 radical (unpaired) electrons. The Morgan fingerprint density at radius 1 is 1.75 bits per heavy atom. The Morgan fingerprint density at radius 2 is 2.42 bits per heavy atom. The quantitative estimate of drug-likeness (QED) is 0.586. The molecule has 1 heterocycles. The van der Waals surface area contributed by atoms with E-state index in [1.807, 2.05) is 4.90 Å². The molecule has 1 aliphatic rings. The fraction of sp³-hybridized carbons (Fsp3) is 0.778. The SMILES string of the molecule is CC(=O)N1CCC(C)(CC#N)C1. The summed E-state index contributed by atoms with van der Waals surface area (Å²) in [6, 6.07) is 2.17. The van der Waals surface area contributed by atoms with E-state index in [2.05, 4.69) is 13.0 Å². The van der Waals surface area contributed by atoms with Crippen molar-refractivity contribution in [1.29, 1.82) is 5.26 Å². The van der Waals surface area contributed by atoms with Crippen molar-refractivity contribution in [2.45, 2.75) is 26.7 Å². The molecule has 0 spiro atoms. The van der Waals surface area contributed by atoms with Crippen LogP contribution in [0.15, 0.2) is 0 Å². The van der Waals surface area contributed by atoms with E-state index in [-0.39, 0.29) is 11.3 Å². The van der Waals surface area contributed by atoms with E-state index < -0.39 is 0 Å². The molecular formula is C9H14N2O. The minimum absolute atomic E-state index is 0.0421. The van der Waals surface area contributed by atoms with E-state index in [1.54, 1.807) is 6.92 Å². The first-order valence-electron chi connectivity index (χ1n) is 4.20. The summed E-state index contributed by atoms with van der Waals surface area (Å²) in [6.45, 7) is 5.21. The van der Waals surface area contributed by atoms with Gasteiger partial charge >= 0.3 is 0 Å². The summed E-state index contributed by atoms with van der Waals surface area (Å²) in [6.07, 6.45) is 1.51. The number of rotatable bonds is 1. The Labute approximate surface area is 73.0 Å². The predicted molar refractivity (Wildman–Crippen MR) is 45.2 cm³/mol. The fourth-order valence-electron chi connectivity index (χ4n) is 1.63. The molecular weight excluding hydrogens is 152 g/mol. The van der Waals surface area contributed by atoms with Gasteiger partial charge in [0.1, 0.15) is 0 Å². The van der Waals surface area contributed by atoms with Crippen molar-refractivity contribution < 1.29 is 4.79 Å². The Bertz CT molecular complexity index is 231. The van der Waals surface area contributed by atoms with E-state index in [4.69, 9.17) is 5.26 Å². The van der Waals surface area contributed by atoms with Crippen molar-refractivity contribution in [3.63, 3.8) is 0 Å². The van der Waals surface area contributed by atoms with Gasteiger partial charge in [-0.25, -0.2) is 0 Å². The van der Waals surface area contributed by atoms with E-state index in [0.29, 0.717) is 6.42 Å². The molecule has 0 aromatic carbocycles.